The van der Waals surface area contributed by atoms with Gasteiger partial charge in [-0.3, -0.25) is 10.2 Å². The molecule has 0 saturated heterocycles. The topological polar surface area (TPSA) is 68.3 Å². The van der Waals surface area contributed by atoms with Crippen molar-refractivity contribution in [2.75, 3.05) is 0 Å². The summed E-state index contributed by atoms with van der Waals surface area (Å²) in [5.74, 6) is 6.55. The molecule has 5 heteroatoms. The maximum Gasteiger partial charge on any atom is 0.301 e. The average molecular weight is 228 g/mol. The smallest absolute Gasteiger partial charge is 0.301 e. The number of thioether (sulfide) groups is 1. The molecule has 0 aromatic carbocycles. The van der Waals surface area contributed by atoms with Crippen LogP contribution in [0.2, 0.25) is 0 Å². The molecule has 0 atom stereocenters. The average Bonchev–Trinajstić information content (AvgIpc) is 2.55. The monoisotopic (exact) mass is 228 g/mol. The van der Waals surface area contributed by atoms with Gasteiger partial charge in [0.15, 0.2) is 5.76 Å². The Morgan fingerprint density at radius 2 is 2.33 bits per heavy atom. The largest absolute Gasteiger partial charge is 0.455 e. The quantitative estimate of drug-likeness (QED) is 0.468. The number of nitrogens with two attached hydrogens (primary N) is 1. The molecule has 4 nitrogen and oxygen atoms in total. The first-order valence-corrected chi connectivity index (χ1v) is 5.81. The van der Waals surface area contributed by atoms with Crippen LogP contribution in [0, 0.1) is 6.92 Å². The molecular weight excluding hydrogens is 212 g/mol. The maximum absolute atomic E-state index is 11.2. The highest BCUT2D eigenvalue weighted by Gasteiger charge is 2.14. The molecular formula is C10H16N2O2S. The van der Waals surface area contributed by atoms with E-state index in [2.05, 4.69) is 19.3 Å². The van der Waals surface area contributed by atoms with Gasteiger partial charge < -0.3 is 4.42 Å². The second kappa shape index (κ2) is 5.23. The highest BCUT2D eigenvalue weighted by molar-refractivity contribution is 7.99. The fourth-order valence-corrected chi connectivity index (χ4v) is 1.80. The summed E-state index contributed by atoms with van der Waals surface area (Å²) in [6.07, 6.45) is 0. The van der Waals surface area contributed by atoms with Gasteiger partial charge in [-0.25, -0.2) is 5.84 Å². The van der Waals surface area contributed by atoms with Gasteiger partial charge in [0.25, 0.3) is 0 Å². The number of hydrogen-bond donors (Lipinski definition) is 2. The number of hydrogen-bond acceptors (Lipinski definition) is 4. The van der Waals surface area contributed by atoms with Gasteiger partial charge in [-0.05, 0) is 18.2 Å². The van der Waals surface area contributed by atoms with Crippen LogP contribution in [0.1, 0.15) is 35.7 Å². The molecule has 1 rings (SSSR count). The third-order valence-corrected chi connectivity index (χ3v) is 2.98. The van der Waals surface area contributed by atoms with E-state index >= 15 is 0 Å². The van der Waals surface area contributed by atoms with E-state index in [0.717, 1.165) is 17.1 Å². The lowest BCUT2D eigenvalue weighted by Gasteiger charge is -2.01. The zero-order valence-corrected chi connectivity index (χ0v) is 9.98. The Bertz CT molecular complexity index is 347. The molecule has 0 aliphatic rings. The van der Waals surface area contributed by atoms with Crippen LogP contribution in [0.15, 0.2) is 10.5 Å². The SMILES string of the molecule is Cc1cc(CSC(C)C)oc1C(=O)NN. The van der Waals surface area contributed by atoms with E-state index in [1.54, 1.807) is 11.8 Å². The fraction of sp³-hybridized carbons (Fsp3) is 0.500. The van der Waals surface area contributed by atoms with Gasteiger partial charge in [0.1, 0.15) is 5.76 Å². The van der Waals surface area contributed by atoms with Crippen molar-refractivity contribution < 1.29 is 9.21 Å². The Hall–Kier alpha value is -0.940. The third-order valence-electron chi connectivity index (χ3n) is 1.87. The Morgan fingerprint density at radius 3 is 2.87 bits per heavy atom. The first-order valence-electron chi connectivity index (χ1n) is 4.76. The zero-order valence-electron chi connectivity index (χ0n) is 9.16. The molecule has 1 heterocycles. The van der Waals surface area contributed by atoms with E-state index < -0.39 is 0 Å². The molecule has 0 bridgehead atoms. The number of hydrazine groups is 1. The van der Waals surface area contributed by atoms with Gasteiger partial charge in [0.2, 0.25) is 0 Å². The van der Waals surface area contributed by atoms with E-state index in [1.807, 2.05) is 13.0 Å². The van der Waals surface area contributed by atoms with Crippen LogP contribution in [-0.4, -0.2) is 11.2 Å². The predicted octanol–water partition coefficient (Wildman–Crippen LogP) is 1.83. The summed E-state index contributed by atoms with van der Waals surface area (Å²) in [4.78, 5) is 11.2. The van der Waals surface area contributed by atoms with Crippen molar-refractivity contribution in [3.63, 3.8) is 0 Å². The van der Waals surface area contributed by atoms with Crippen LogP contribution in [0.5, 0.6) is 0 Å². The van der Waals surface area contributed by atoms with Crippen molar-refractivity contribution in [3.05, 3.63) is 23.2 Å². The van der Waals surface area contributed by atoms with Crippen molar-refractivity contribution in [2.45, 2.75) is 31.8 Å². The number of amides is 1. The third kappa shape index (κ3) is 3.28. The molecule has 1 aromatic rings. The van der Waals surface area contributed by atoms with Crippen molar-refractivity contribution in [1.29, 1.82) is 0 Å². The Kier molecular flexibility index (Phi) is 4.23. The van der Waals surface area contributed by atoms with Crippen LogP contribution in [0.25, 0.3) is 0 Å². The summed E-state index contributed by atoms with van der Waals surface area (Å²) >= 11 is 1.77. The first kappa shape index (κ1) is 12.1. The number of aryl methyl sites for hydroxylation is 1. The van der Waals surface area contributed by atoms with E-state index in [9.17, 15) is 4.79 Å². The lowest BCUT2D eigenvalue weighted by atomic mass is 10.2. The van der Waals surface area contributed by atoms with Crippen molar-refractivity contribution in [3.8, 4) is 0 Å². The number of rotatable bonds is 4. The summed E-state index contributed by atoms with van der Waals surface area (Å²) in [5, 5.41) is 0.544. The summed E-state index contributed by atoms with van der Waals surface area (Å²) in [5.41, 5.74) is 2.88. The Balaban J connectivity index is 2.72. The highest BCUT2D eigenvalue weighted by atomic mass is 32.2. The summed E-state index contributed by atoms with van der Waals surface area (Å²) < 4.78 is 5.40. The molecule has 0 unspecified atom stereocenters. The molecule has 0 radical (unpaired) electrons. The first-order chi connectivity index (χ1) is 7.04. The minimum atomic E-state index is -0.381. The lowest BCUT2D eigenvalue weighted by molar-refractivity contribution is 0.0923. The summed E-state index contributed by atoms with van der Waals surface area (Å²) in [7, 11) is 0. The molecule has 1 aromatic heterocycles. The normalized spacial score (nSPS) is 10.7. The van der Waals surface area contributed by atoms with Crippen LogP contribution in [0.4, 0.5) is 0 Å². The van der Waals surface area contributed by atoms with Gasteiger partial charge in [-0.2, -0.15) is 11.8 Å². The van der Waals surface area contributed by atoms with E-state index in [1.165, 1.54) is 0 Å². The maximum atomic E-state index is 11.2. The van der Waals surface area contributed by atoms with E-state index in [-0.39, 0.29) is 5.91 Å². The highest BCUT2D eigenvalue weighted by Crippen LogP contribution is 2.21. The molecule has 84 valence electrons. The molecule has 0 aliphatic carbocycles. The molecule has 15 heavy (non-hydrogen) atoms. The van der Waals surface area contributed by atoms with E-state index in [0.29, 0.717) is 11.0 Å². The van der Waals surface area contributed by atoms with Crippen molar-refractivity contribution >= 4 is 17.7 Å². The molecule has 0 fully saturated rings. The molecule has 0 aliphatic heterocycles. The fourth-order valence-electron chi connectivity index (χ4n) is 1.16. The summed E-state index contributed by atoms with van der Waals surface area (Å²) in [6.45, 7) is 6.07. The second-order valence-corrected chi connectivity index (χ2v) is 5.12. The van der Waals surface area contributed by atoms with Crippen molar-refractivity contribution in [2.24, 2.45) is 5.84 Å². The van der Waals surface area contributed by atoms with Crippen molar-refractivity contribution in [1.82, 2.24) is 5.43 Å². The Morgan fingerprint density at radius 1 is 1.67 bits per heavy atom. The van der Waals surface area contributed by atoms with Crippen LogP contribution in [0.3, 0.4) is 0 Å². The van der Waals surface area contributed by atoms with Crippen LogP contribution >= 0.6 is 11.8 Å². The minimum Gasteiger partial charge on any atom is -0.455 e. The van der Waals surface area contributed by atoms with Gasteiger partial charge >= 0.3 is 5.91 Å². The second-order valence-electron chi connectivity index (χ2n) is 3.56. The predicted molar refractivity (Wildman–Crippen MR) is 61.5 cm³/mol. The van der Waals surface area contributed by atoms with E-state index in [4.69, 9.17) is 10.3 Å². The number of nitrogens with one attached hydrogen (secondary N) is 1. The molecule has 0 saturated carbocycles. The lowest BCUT2D eigenvalue weighted by Crippen LogP contribution is -2.30. The molecule has 1 amide bonds. The number of nitrogen functional groups attached to an aromatic ring is 1. The van der Waals surface area contributed by atoms with Crippen LogP contribution < -0.4 is 11.3 Å². The van der Waals surface area contributed by atoms with Crippen LogP contribution in [-0.2, 0) is 5.75 Å². The van der Waals surface area contributed by atoms with Gasteiger partial charge in [0.05, 0.1) is 5.75 Å². The molecule has 0 spiro atoms. The number of carbonyl (C=O) groups excluding carboxylic acids is 1. The number of furan rings is 1. The minimum absolute atomic E-state index is 0.303. The zero-order chi connectivity index (χ0) is 11.4. The van der Waals surface area contributed by atoms with Gasteiger partial charge in [-0.15, -0.1) is 0 Å². The number of carbonyl (C=O) groups is 1. The summed E-state index contributed by atoms with van der Waals surface area (Å²) in [6, 6.07) is 1.87. The van der Waals surface area contributed by atoms with Gasteiger partial charge in [0, 0.05) is 5.56 Å². The van der Waals surface area contributed by atoms with Gasteiger partial charge in [-0.1, -0.05) is 13.8 Å². The Labute approximate surface area is 93.6 Å². The standard InChI is InChI=1S/C10H16N2O2S/c1-6(2)15-5-8-4-7(3)9(14-8)10(13)12-11/h4,6H,5,11H2,1-3H3,(H,12,13). The molecule has 3 N–H and O–H groups in total.